The first-order valence-corrected chi connectivity index (χ1v) is 7.35. The molecule has 0 spiro atoms. The summed E-state index contributed by atoms with van der Waals surface area (Å²) in [6.45, 7) is 8.19. The van der Waals surface area contributed by atoms with Crippen LogP contribution in [0.15, 0.2) is 40.9 Å². The lowest BCUT2D eigenvalue weighted by Crippen LogP contribution is -2.41. The van der Waals surface area contributed by atoms with Gasteiger partial charge < -0.3 is 14.6 Å². The summed E-state index contributed by atoms with van der Waals surface area (Å²) < 4.78 is 10.9. The van der Waals surface area contributed by atoms with E-state index in [-0.39, 0.29) is 17.8 Å². The fraction of sp³-hybridized carbons (Fsp3) is 0.412. The van der Waals surface area contributed by atoms with Crippen molar-refractivity contribution in [3.05, 3.63) is 42.2 Å². The second-order valence-electron chi connectivity index (χ2n) is 6.05. The molecule has 118 valence electrons. The third-order valence-corrected chi connectivity index (χ3v) is 3.03. The Morgan fingerprint density at radius 3 is 2.64 bits per heavy atom. The summed E-state index contributed by atoms with van der Waals surface area (Å²) in [5, 5.41) is 6.74. The van der Waals surface area contributed by atoms with Gasteiger partial charge in [0.25, 0.3) is 5.91 Å². The van der Waals surface area contributed by atoms with E-state index < -0.39 is 5.60 Å². The van der Waals surface area contributed by atoms with Crippen LogP contribution in [0.1, 0.15) is 38.2 Å². The van der Waals surface area contributed by atoms with E-state index in [9.17, 15) is 4.79 Å². The minimum absolute atomic E-state index is 0.0989. The molecule has 1 amide bonds. The highest BCUT2D eigenvalue weighted by molar-refractivity contribution is 5.92. The zero-order chi connectivity index (χ0) is 16.2. The van der Waals surface area contributed by atoms with Crippen molar-refractivity contribution in [1.82, 2.24) is 10.5 Å². The highest BCUT2D eigenvalue weighted by Crippen LogP contribution is 2.18. The molecule has 0 saturated carbocycles. The Hall–Kier alpha value is -2.14. The number of nitrogens with one attached hydrogen (secondary N) is 1. The monoisotopic (exact) mass is 302 g/mol. The number of nitrogens with zero attached hydrogens (tertiary/aromatic N) is 1. The van der Waals surface area contributed by atoms with Crippen LogP contribution in [-0.4, -0.2) is 29.3 Å². The number of carbonyl (C=O) groups is 1. The first kappa shape index (κ1) is 16.2. The summed E-state index contributed by atoms with van der Waals surface area (Å²) >= 11 is 0. The first-order chi connectivity index (χ1) is 10.4. The normalized spacial score (nSPS) is 11.7. The van der Waals surface area contributed by atoms with Gasteiger partial charge in [-0.3, -0.25) is 4.79 Å². The van der Waals surface area contributed by atoms with Gasteiger partial charge in [-0.2, -0.15) is 0 Å². The highest BCUT2D eigenvalue weighted by Gasteiger charge is 2.22. The Morgan fingerprint density at radius 2 is 2.00 bits per heavy atom. The van der Waals surface area contributed by atoms with Gasteiger partial charge >= 0.3 is 0 Å². The van der Waals surface area contributed by atoms with Gasteiger partial charge in [-0.05, 0) is 27.7 Å². The molecule has 0 atom stereocenters. The molecule has 1 heterocycles. The highest BCUT2D eigenvalue weighted by atomic mass is 16.5. The van der Waals surface area contributed by atoms with E-state index in [1.165, 1.54) is 0 Å². The van der Waals surface area contributed by atoms with Gasteiger partial charge in [0.2, 0.25) is 5.76 Å². The zero-order valence-electron chi connectivity index (χ0n) is 13.4. The summed E-state index contributed by atoms with van der Waals surface area (Å²) in [6.07, 6.45) is 0.0989. The van der Waals surface area contributed by atoms with Gasteiger partial charge in [-0.15, -0.1) is 0 Å². The fourth-order valence-corrected chi connectivity index (χ4v) is 2.19. The van der Waals surface area contributed by atoms with E-state index in [1.54, 1.807) is 6.07 Å². The van der Waals surface area contributed by atoms with Gasteiger partial charge in [-0.25, -0.2) is 0 Å². The number of hydrogen-bond acceptors (Lipinski definition) is 4. The summed E-state index contributed by atoms with van der Waals surface area (Å²) in [4.78, 5) is 12.1. The Bertz CT molecular complexity index is 618. The number of aromatic nitrogens is 1. The lowest BCUT2D eigenvalue weighted by molar-refractivity contribution is -0.0528. The average molecular weight is 302 g/mol. The average Bonchev–Trinajstić information content (AvgIpc) is 2.94. The second-order valence-corrected chi connectivity index (χ2v) is 6.05. The van der Waals surface area contributed by atoms with E-state index >= 15 is 0 Å². The van der Waals surface area contributed by atoms with Crippen LogP contribution in [0.2, 0.25) is 0 Å². The maximum Gasteiger partial charge on any atom is 0.290 e. The minimum atomic E-state index is -0.438. The topological polar surface area (TPSA) is 64.4 Å². The first-order valence-electron chi connectivity index (χ1n) is 7.35. The zero-order valence-corrected chi connectivity index (χ0v) is 13.4. The van der Waals surface area contributed by atoms with Gasteiger partial charge in [0, 0.05) is 18.2 Å². The molecular weight excluding hydrogens is 280 g/mol. The molecule has 0 radical (unpaired) electrons. The number of hydrogen-bond donors (Lipinski definition) is 1. The van der Waals surface area contributed by atoms with Crippen LogP contribution < -0.4 is 5.32 Å². The molecule has 0 aliphatic carbocycles. The SMILES string of the molecule is CC(C)OC(C)(C)CNC(=O)c1cc(-c2ccccc2)no1. The summed E-state index contributed by atoms with van der Waals surface area (Å²) in [6, 6.07) is 11.2. The maximum atomic E-state index is 12.1. The summed E-state index contributed by atoms with van der Waals surface area (Å²) in [5.41, 5.74) is 1.11. The molecule has 0 bridgehead atoms. The third-order valence-electron chi connectivity index (χ3n) is 3.03. The lowest BCUT2D eigenvalue weighted by atomic mass is 10.1. The minimum Gasteiger partial charge on any atom is -0.371 e. The molecule has 2 aromatic rings. The van der Waals surface area contributed by atoms with Gasteiger partial charge in [0.15, 0.2) is 0 Å². The molecule has 0 aliphatic rings. The van der Waals surface area contributed by atoms with Crippen LogP contribution in [0.3, 0.4) is 0 Å². The Kier molecular flexibility index (Phi) is 4.98. The Balaban J connectivity index is 1.98. The number of amides is 1. The van der Waals surface area contributed by atoms with Crippen LogP contribution >= 0.6 is 0 Å². The molecule has 0 saturated heterocycles. The van der Waals surface area contributed by atoms with Crippen LogP contribution in [-0.2, 0) is 4.74 Å². The largest absolute Gasteiger partial charge is 0.371 e. The number of rotatable bonds is 6. The fourth-order valence-electron chi connectivity index (χ4n) is 2.19. The molecule has 0 fully saturated rings. The quantitative estimate of drug-likeness (QED) is 0.889. The number of benzene rings is 1. The molecule has 1 aromatic carbocycles. The Labute approximate surface area is 130 Å². The van der Waals surface area contributed by atoms with Crippen molar-refractivity contribution in [1.29, 1.82) is 0 Å². The van der Waals surface area contributed by atoms with Gasteiger partial charge in [0.05, 0.1) is 11.7 Å². The van der Waals surface area contributed by atoms with Gasteiger partial charge in [-0.1, -0.05) is 35.5 Å². The van der Waals surface area contributed by atoms with Crippen molar-refractivity contribution >= 4 is 5.91 Å². The van der Waals surface area contributed by atoms with Crippen molar-refractivity contribution < 1.29 is 14.1 Å². The molecule has 0 unspecified atom stereocenters. The second kappa shape index (κ2) is 6.75. The van der Waals surface area contributed by atoms with Crippen LogP contribution in [0.25, 0.3) is 11.3 Å². The Morgan fingerprint density at radius 1 is 1.32 bits per heavy atom. The van der Waals surface area contributed by atoms with E-state index in [4.69, 9.17) is 9.26 Å². The van der Waals surface area contributed by atoms with Crippen molar-refractivity contribution in [3.63, 3.8) is 0 Å². The third kappa shape index (κ3) is 4.43. The van der Waals surface area contributed by atoms with Crippen molar-refractivity contribution in [3.8, 4) is 11.3 Å². The molecule has 1 N–H and O–H groups in total. The van der Waals surface area contributed by atoms with Crippen molar-refractivity contribution in [2.45, 2.75) is 39.4 Å². The lowest BCUT2D eigenvalue weighted by Gasteiger charge is -2.27. The molecule has 5 nitrogen and oxygen atoms in total. The van der Waals surface area contributed by atoms with E-state index in [1.807, 2.05) is 58.0 Å². The molecule has 5 heteroatoms. The molecule has 22 heavy (non-hydrogen) atoms. The van der Waals surface area contributed by atoms with E-state index in [2.05, 4.69) is 10.5 Å². The van der Waals surface area contributed by atoms with Crippen molar-refractivity contribution in [2.24, 2.45) is 0 Å². The van der Waals surface area contributed by atoms with Crippen LogP contribution in [0, 0.1) is 0 Å². The summed E-state index contributed by atoms with van der Waals surface area (Å²) in [7, 11) is 0. The molecule has 2 rings (SSSR count). The molecule has 0 aliphatic heterocycles. The van der Waals surface area contributed by atoms with E-state index in [0.717, 1.165) is 5.56 Å². The maximum absolute atomic E-state index is 12.1. The molecule has 1 aromatic heterocycles. The smallest absolute Gasteiger partial charge is 0.290 e. The van der Waals surface area contributed by atoms with Gasteiger partial charge in [0.1, 0.15) is 5.69 Å². The number of ether oxygens (including phenoxy) is 1. The predicted molar refractivity (Wildman–Crippen MR) is 84.6 cm³/mol. The van der Waals surface area contributed by atoms with Crippen LogP contribution in [0.5, 0.6) is 0 Å². The molecular formula is C17H22N2O3. The van der Waals surface area contributed by atoms with E-state index in [0.29, 0.717) is 12.2 Å². The predicted octanol–water partition coefficient (Wildman–Crippen LogP) is 3.28. The van der Waals surface area contributed by atoms with Crippen LogP contribution in [0.4, 0.5) is 0 Å². The summed E-state index contributed by atoms with van der Waals surface area (Å²) in [5.74, 6) is -0.102. The number of carbonyl (C=O) groups excluding carboxylic acids is 1. The standard InChI is InChI=1S/C17H22N2O3/c1-12(2)21-17(3,4)11-18-16(20)15-10-14(19-22-15)13-8-6-5-7-9-13/h5-10,12H,11H2,1-4H3,(H,18,20). The van der Waals surface area contributed by atoms with Crippen molar-refractivity contribution in [2.75, 3.05) is 6.54 Å².